The zero-order valence-electron chi connectivity index (χ0n) is 9.61. The van der Waals surface area contributed by atoms with Gasteiger partial charge in [0.2, 0.25) is 0 Å². The fourth-order valence-electron chi connectivity index (χ4n) is 1.83. The number of sulfone groups is 1. The molecular formula is C11H11FO5S2. The van der Waals surface area contributed by atoms with Crippen molar-refractivity contribution < 1.29 is 27.8 Å². The molecule has 2 N–H and O–H groups in total. The smallest absolute Gasteiger partial charge is 0.338 e. The van der Waals surface area contributed by atoms with E-state index in [4.69, 9.17) is 5.11 Å². The zero-order valence-corrected chi connectivity index (χ0v) is 11.2. The molecule has 19 heavy (non-hydrogen) atoms. The Bertz CT molecular complexity index is 614. The predicted octanol–water partition coefficient (Wildman–Crippen LogP) is 0.774. The molecule has 5 nitrogen and oxygen atoms in total. The first-order valence-electron chi connectivity index (χ1n) is 5.36. The molecule has 0 spiro atoms. The fourth-order valence-corrected chi connectivity index (χ4v) is 5.39. The van der Waals surface area contributed by atoms with Crippen LogP contribution in [0.4, 0.5) is 4.39 Å². The monoisotopic (exact) mass is 306 g/mol. The van der Waals surface area contributed by atoms with Crippen LogP contribution in [0.2, 0.25) is 0 Å². The number of aromatic carboxylic acids is 1. The van der Waals surface area contributed by atoms with Gasteiger partial charge in [0.15, 0.2) is 9.84 Å². The largest absolute Gasteiger partial charge is 0.478 e. The van der Waals surface area contributed by atoms with Crippen LogP contribution in [0.5, 0.6) is 0 Å². The van der Waals surface area contributed by atoms with E-state index in [1.807, 2.05) is 0 Å². The van der Waals surface area contributed by atoms with Gasteiger partial charge in [-0.05, 0) is 18.2 Å². The lowest BCUT2D eigenvalue weighted by molar-refractivity contribution is 0.0691. The van der Waals surface area contributed by atoms with Gasteiger partial charge in [-0.1, -0.05) is 0 Å². The maximum Gasteiger partial charge on any atom is 0.338 e. The molecular weight excluding hydrogens is 295 g/mol. The molecule has 1 aliphatic heterocycles. The average Bonchev–Trinajstić information content (AvgIpc) is 2.54. The lowest BCUT2D eigenvalue weighted by Gasteiger charge is -2.12. The molecule has 0 aromatic heterocycles. The normalized spacial score (nSPS) is 25.4. The summed E-state index contributed by atoms with van der Waals surface area (Å²) >= 11 is 1.04. The van der Waals surface area contributed by atoms with E-state index in [0.29, 0.717) is 4.90 Å². The van der Waals surface area contributed by atoms with Crippen molar-refractivity contribution in [2.45, 2.75) is 16.2 Å². The summed E-state index contributed by atoms with van der Waals surface area (Å²) in [6.45, 7) is 0. The first-order valence-corrected chi connectivity index (χ1v) is 8.06. The Kier molecular flexibility index (Phi) is 3.84. The first kappa shape index (κ1) is 14.3. The number of hydrogen-bond donors (Lipinski definition) is 2. The summed E-state index contributed by atoms with van der Waals surface area (Å²) in [6, 6.07) is 3.52. The van der Waals surface area contributed by atoms with E-state index in [1.165, 1.54) is 6.07 Å². The fraction of sp³-hybridized carbons (Fsp3) is 0.364. The first-order chi connectivity index (χ1) is 8.78. The quantitative estimate of drug-likeness (QED) is 0.857. The van der Waals surface area contributed by atoms with Crippen LogP contribution in [0.3, 0.4) is 0 Å². The third-order valence-corrected chi connectivity index (χ3v) is 5.96. The summed E-state index contributed by atoms with van der Waals surface area (Å²) in [5.41, 5.74) is -0.472. The second-order valence-corrected chi connectivity index (χ2v) is 7.71. The van der Waals surface area contributed by atoms with Crippen molar-refractivity contribution in [2.75, 3.05) is 11.5 Å². The second kappa shape index (κ2) is 5.10. The van der Waals surface area contributed by atoms with Gasteiger partial charge >= 0.3 is 5.97 Å². The van der Waals surface area contributed by atoms with Crippen LogP contribution >= 0.6 is 11.8 Å². The topological polar surface area (TPSA) is 91.7 Å². The molecule has 1 saturated heterocycles. The minimum atomic E-state index is -3.26. The van der Waals surface area contributed by atoms with Crippen LogP contribution in [-0.2, 0) is 9.84 Å². The summed E-state index contributed by atoms with van der Waals surface area (Å²) in [5, 5.41) is 17.9. The Morgan fingerprint density at radius 2 is 2.05 bits per heavy atom. The van der Waals surface area contributed by atoms with E-state index in [2.05, 4.69) is 0 Å². The predicted molar refractivity (Wildman–Crippen MR) is 67.7 cm³/mol. The van der Waals surface area contributed by atoms with Crippen molar-refractivity contribution in [3.05, 3.63) is 29.6 Å². The van der Waals surface area contributed by atoms with Crippen molar-refractivity contribution >= 4 is 27.6 Å². The van der Waals surface area contributed by atoms with Gasteiger partial charge in [0, 0.05) is 4.90 Å². The molecule has 0 amide bonds. The van der Waals surface area contributed by atoms with Crippen molar-refractivity contribution in [1.29, 1.82) is 0 Å². The Hall–Kier alpha value is -1.12. The maximum absolute atomic E-state index is 13.2. The number of rotatable bonds is 3. The van der Waals surface area contributed by atoms with Gasteiger partial charge < -0.3 is 10.2 Å². The number of thioether (sulfide) groups is 1. The number of halogens is 1. The Morgan fingerprint density at radius 3 is 2.58 bits per heavy atom. The van der Waals surface area contributed by atoms with Crippen molar-refractivity contribution in [3.8, 4) is 0 Å². The van der Waals surface area contributed by atoms with Crippen molar-refractivity contribution in [3.63, 3.8) is 0 Å². The van der Waals surface area contributed by atoms with Crippen LogP contribution in [0, 0.1) is 5.82 Å². The third kappa shape index (κ3) is 3.26. The molecule has 0 aliphatic carbocycles. The van der Waals surface area contributed by atoms with Crippen LogP contribution in [-0.4, -0.2) is 47.5 Å². The number of carboxylic acid groups (broad SMARTS) is 1. The number of aliphatic hydroxyl groups is 1. The van der Waals surface area contributed by atoms with Crippen LogP contribution in [0.25, 0.3) is 0 Å². The van der Waals surface area contributed by atoms with Crippen molar-refractivity contribution in [2.24, 2.45) is 0 Å². The van der Waals surface area contributed by atoms with Crippen LogP contribution < -0.4 is 0 Å². The molecule has 2 rings (SSSR count). The molecule has 2 atom stereocenters. The number of carbonyl (C=O) groups is 1. The van der Waals surface area contributed by atoms with Gasteiger partial charge in [0.1, 0.15) is 5.82 Å². The molecule has 1 aromatic carbocycles. The summed E-state index contributed by atoms with van der Waals surface area (Å²) in [5.74, 6) is -2.70. The summed E-state index contributed by atoms with van der Waals surface area (Å²) < 4.78 is 35.9. The van der Waals surface area contributed by atoms with E-state index in [0.717, 1.165) is 23.9 Å². The number of aliphatic hydroxyl groups excluding tert-OH is 1. The van der Waals surface area contributed by atoms with E-state index in [9.17, 15) is 22.7 Å². The highest BCUT2D eigenvalue weighted by molar-refractivity contribution is 8.02. The SMILES string of the molecule is O=C(O)c1cc(SC2CS(=O)(=O)CC2O)ccc1F. The van der Waals surface area contributed by atoms with Gasteiger partial charge in [-0.15, -0.1) is 11.8 Å². The molecule has 0 saturated carbocycles. The van der Waals surface area contributed by atoms with Crippen LogP contribution in [0.1, 0.15) is 10.4 Å². The van der Waals surface area contributed by atoms with Gasteiger partial charge in [0.05, 0.1) is 28.4 Å². The third-order valence-electron chi connectivity index (χ3n) is 2.73. The second-order valence-electron chi connectivity index (χ2n) is 4.25. The van der Waals surface area contributed by atoms with Gasteiger partial charge in [0.25, 0.3) is 0 Å². The molecule has 0 radical (unpaired) electrons. The van der Waals surface area contributed by atoms with Gasteiger partial charge in [-0.2, -0.15) is 0 Å². The van der Waals surface area contributed by atoms with Crippen LogP contribution in [0.15, 0.2) is 23.1 Å². The molecule has 8 heteroatoms. The standard InChI is InChI=1S/C11H11FO5S2/c12-8-2-1-6(3-7(8)11(14)15)18-10-5-19(16,17)4-9(10)13/h1-3,9-10,13H,4-5H2,(H,14,15). The molecule has 1 heterocycles. The Labute approximate surface area is 113 Å². The minimum absolute atomic E-state index is 0.168. The molecule has 1 aromatic rings. The average molecular weight is 306 g/mol. The number of hydrogen-bond acceptors (Lipinski definition) is 5. The molecule has 1 fully saturated rings. The van der Waals surface area contributed by atoms with E-state index in [-0.39, 0.29) is 11.5 Å². The Morgan fingerprint density at radius 1 is 1.37 bits per heavy atom. The lowest BCUT2D eigenvalue weighted by Crippen LogP contribution is -2.19. The van der Waals surface area contributed by atoms with E-state index < -0.39 is 38.5 Å². The van der Waals surface area contributed by atoms with Gasteiger partial charge in [-0.25, -0.2) is 17.6 Å². The number of carboxylic acids is 1. The summed E-state index contributed by atoms with van der Waals surface area (Å²) in [7, 11) is -3.26. The zero-order chi connectivity index (χ0) is 14.2. The van der Waals surface area contributed by atoms with E-state index >= 15 is 0 Å². The molecule has 0 bridgehead atoms. The van der Waals surface area contributed by atoms with Gasteiger partial charge in [-0.3, -0.25) is 0 Å². The summed E-state index contributed by atoms with van der Waals surface area (Å²) in [6.07, 6.45) is -0.992. The highest BCUT2D eigenvalue weighted by Crippen LogP contribution is 2.32. The molecule has 104 valence electrons. The molecule has 1 aliphatic rings. The van der Waals surface area contributed by atoms with Crippen molar-refractivity contribution in [1.82, 2.24) is 0 Å². The number of benzene rings is 1. The molecule has 2 unspecified atom stereocenters. The lowest BCUT2D eigenvalue weighted by atomic mass is 10.2. The minimum Gasteiger partial charge on any atom is -0.478 e. The Balaban J connectivity index is 2.21. The highest BCUT2D eigenvalue weighted by atomic mass is 32.2. The summed E-state index contributed by atoms with van der Waals surface area (Å²) in [4.78, 5) is 11.2. The highest BCUT2D eigenvalue weighted by Gasteiger charge is 2.37. The maximum atomic E-state index is 13.2. The van der Waals surface area contributed by atoms with E-state index in [1.54, 1.807) is 0 Å².